The average molecular weight is 289 g/mol. The second kappa shape index (κ2) is 7.11. The molecule has 1 fully saturated rings. The van der Waals surface area contributed by atoms with Crippen molar-refractivity contribution in [2.75, 3.05) is 13.1 Å². The van der Waals surface area contributed by atoms with Crippen molar-refractivity contribution in [3.8, 4) is 0 Å². The van der Waals surface area contributed by atoms with Gasteiger partial charge in [0.05, 0.1) is 5.92 Å². The second-order valence-electron chi connectivity index (χ2n) is 5.55. The number of rotatable bonds is 5. The summed E-state index contributed by atoms with van der Waals surface area (Å²) in [5.74, 6) is -0.130. The number of amidine groups is 1. The molecule has 114 valence electrons. The van der Waals surface area contributed by atoms with Crippen LogP contribution in [0.1, 0.15) is 37.7 Å². The number of hydrogen-bond acceptors (Lipinski definition) is 3. The van der Waals surface area contributed by atoms with Crippen molar-refractivity contribution in [2.45, 2.75) is 32.1 Å². The fourth-order valence-corrected chi connectivity index (χ4v) is 2.93. The van der Waals surface area contributed by atoms with Gasteiger partial charge in [-0.2, -0.15) is 0 Å². The molecule has 5 heteroatoms. The number of amides is 1. The fraction of sp³-hybridized carbons (Fsp3) is 0.500. The van der Waals surface area contributed by atoms with Gasteiger partial charge < -0.3 is 15.8 Å². The maximum Gasteiger partial charge on any atom is 0.233 e. The molecule has 2 rings (SSSR count). The average Bonchev–Trinajstić information content (AvgIpc) is 3.02. The zero-order valence-electron chi connectivity index (χ0n) is 12.4. The molecule has 1 aliphatic rings. The molecule has 0 radical (unpaired) electrons. The largest absolute Gasteiger partial charge is 0.409 e. The van der Waals surface area contributed by atoms with Gasteiger partial charge >= 0.3 is 0 Å². The Kier molecular flexibility index (Phi) is 5.20. The number of nitrogens with zero attached hydrogens (tertiary/aromatic N) is 2. The van der Waals surface area contributed by atoms with E-state index in [2.05, 4.69) is 17.3 Å². The van der Waals surface area contributed by atoms with Crippen molar-refractivity contribution >= 4 is 11.7 Å². The van der Waals surface area contributed by atoms with Crippen molar-refractivity contribution in [2.24, 2.45) is 16.8 Å². The minimum absolute atomic E-state index is 0.0185. The van der Waals surface area contributed by atoms with E-state index >= 15 is 0 Å². The van der Waals surface area contributed by atoms with Gasteiger partial charge in [-0.05, 0) is 18.4 Å². The van der Waals surface area contributed by atoms with E-state index in [0.717, 1.165) is 19.4 Å². The number of nitrogens with two attached hydrogens (primary N) is 1. The summed E-state index contributed by atoms with van der Waals surface area (Å²) in [7, 11) is 0. The molecule has 2 unspecified atom stereocenters. The first-order chi connectivity index (χ1) is 10.2. The molecule has 1 aromatic rings. The van der Waals surface area contributed by atoms with Crippen LogP contribution >= 0.6 is 0 Å². The van der Waals surface area contributed by atoms with E-state index in [1.165, 1.54) is 5.56 Å². The predicted molar refractivity (Wildman–Crippen MR) is 82.2 cm³/mol. The highest BCUT2D eigenvalue weighted by Crippen LogP contribution is 2.28. The molecule has 1 saturated heterocycles. The highest BCUT2D eigenvalue weighted by atomic mass is 16.4. The lowest BCUT2D eigenvalue weighted by atomic mass is 9.98. The second-order valence-corrected chi connectivity index (χ2v) is 5.55. The van der Waals surface area contributed by atoms with Crippen LogP contribution < -0.4 is 5.73 Å². The molecule has 0 bridgehead atoms. The van der Waals surface area contributed by atoms with Crippen molar-refractivity contribution < 1.29 is 10.0 Å². The van der Waals surface area contributed by atoms with Crippen molar-refractivity contribution in [1.29, 1.82) is 0 Å². The predicted octanol–water partition coefficient (Wildman–Crippen LogP) is 2.17. The first-order valence-corrected chi connectivity index (χ1v) is 7.48. The monoisotopic (exact) mass is 289 g/mol. The summed E-state index contributed by atoms with van der Waals surface area (Å²) >= 11 is 0. The Morgan fingerprint density at radius 2 is 2.19 bits per heavy atom. The van der Waals surface area contributed by atoms with Gasteiger partial charge in [0, 0.05) is 19.0 Å². The van der Waals surface area contributed by atoms with Gasteiger partial charge in [-0.25, -0.2) is 0 Å². The van der Waals surface area contributed by atoms with Gasteiger partial charge in [-0.3, -0.25) is 4.79 Å². The molecule has 0 aromatic heterocycles. The van der Waals surface area contributed by atoms with Crippen molar-refractivity contribution in [1.82, 2.24) is 4.90 Å². The maximum atomic E-state index is 12.6. The van der Waals surface area contributed by atoms with Crippen LogP contribution in [0, 0.1) is 5.92 Å². The van der Waals surface area contributed by atoms with Gasteiger partial charge in [-0.1, -0.05) is 48.8 Å². The van der Waals surface area contributed by atoms with Gasteiger partial charge in [-0.15, -0.1) is 0 Å². The van der Waals surface area contributed by atoms with Crippen LogP contribution in [0.15, 0.2) is 35.5 Å². The third-order valence-corrected chi connectivity index (χ3v) is 4.12. The summed E-state index contributed by atoms with van der Waals surface area (Å²) < 4.78 is 0. The normalized spacial score (nSPS) is 20.5. The van der Waals surface area contributed by atoms with E-state index in [1.807, 2.05) is 30.0 Å². The molecular formula is C16H23N3O2. The third kappa shape index (κ3) is 3.54. The number of hydrogen-bond donors (Lipinski definition) is 2. The van der Waals surface area contributed by atoms with Crippen molar-refractivity contribution in [3.63, 3.8) is 0 Å². The Hall–Kier alpha value is -2.04. The first-order valence-electron chi connectivity index (χ1n) is 7.48. The molecule has 1 amide bonds. The van der Waals surface area contributed by atoms with E-state index in [-0.39, 0.29) is 11.7 Å². The number of oxime groups is 1. The van der Waals surface area contributed by atoms with Gasteiger partial charge in [0.2, 0.25) is 5.91 Å². The van der Waals surface area contributed by atoms with Crippen LogP contribution in [0.5, 0.6) is 0 Å². The number of carbonyl (C=O) groups excluding carboxylic acids is 1. The fourth-order valence-electron chi connectivity index (χ4n) is 2.93. The van der Waals surface area contributed by atoms with Crippen LogP contribution in [0.25, 0.3) is 0 Å². The maximum absolute atomic E-state index is 12.6. The number of benzene rings is 1. The molecule has 1 aliphatic heterocycles. The molecule has 0 saturated carbocycles. The molecule has 5 nitrogen and oxygen atoms in total. The van der Waals surface area contributed by atoms with Crippen LogP contribution in [-0.4, -0.2) is 34.9 Å². The van der Waals surface area contributed by atoms with Crippen molar-refractivity contribution in [3.05, 3.63) is 35.9 Å². The molecule has 0 spiro atoms. The molecule has 0 aliphatic carbocycles. The molecule has 2 atom stereocenters. The summed E-state index contributed by atoms with van der Waals surface area (Å²) in [5.41, 5.74) is 6.94. The Bertz CT molecular complexity index is 502. The Balaban J connectivity index is 2.04. The first kappa shape index (κ1) is 15.4. The zero-order valence-corrected chi connectivity index (χ0v) is 12.4. The molecule has 1 heterocycles. The van der Waals surface area contributed by atoms with E-state index in [0.29, 0.717) is 18.9 Å². The van der Waals surface area contributed by atoms with Crippen LogP contribution in [0.4, 0.5) is 0 Å². The van der Waals surface area contributed by atoms with Gasteiger partial charge in [0.15, 0.2) is 5.84 Å². The van der Waals surface area contributed by atoms with Crippen LogP contribution in [-0.2, 0) is 4.79 Å². The van der Waals surface area contributed by atoms with E-state index in [9.17, 15) is 4.79 Å². The summed E-state index contributed by atoms with van der Waals surface area (Å²) in [6, 6.07) is 10.3. The molecule has 21 heavy (non-hydrogen) atoms. The minimum Gasteiger partial charge on any atom is -0.409 e. The van der Waals surface area contributed by atoms with E-state index in [4.69, 9.17) is 10.9 Å². The lowest BCUT2D eigenvalue weighted by Crippen LogP contribution is -2.40. The SMILES string of the molecule is CCCC(C(=O)N1CCC(c2ccccc2)C1)C(N)=NO. The summed E-state index contributed by atoms with van der Waals surface area (Å²) in [6.07, 6.45) is 2.40. The standard InChI is InChI=1S/C16H23N3O2/c1-2-6-14(15(17)18-21)16(20)19-10-9-13(11-19)12-7-4-3-5-8-12/h3-5,7-8,13-14,21H,2,6,9-11H2,1H3,(H2,17,18). The highest BCUT2D eigenvalue weighted by Gasteiger charge is 2.32. The summed E-state index contributed by atoms with van der Waals surface area (Å²) in [6.45, 7) is 3.43. The van der Waals surface area contributed by atoms with Crippen LogP contribution in [0.3, 0.4) is 0 Å². The quantitative estimate of drug-likeness (QED) is 0.377. The summed E-state index contributed by atoms with van der Waals surface area (Å²) in [4.78, 5) is 14.4. The highest BCUT2D eigenvalue weighted by molar-refractivity contribution is 6.02. The van der Waals surface area contributed by atoms with Gasteiger partial charge in [0.1, 0.15) is 0 Å². The van der Waals surface area contributed by atoms with Crippen LogP contribution in [0.2, 0.25) is 0 Å². The molecular weight excluding hydrogens is 266 g/mol. The lowest BCUT2D eigenvalue weighted by molar-refractivity contribution is -0.132. The zero-order chi connectivity index (χ0) is 15.2. The molecule has 1 aromatic carbocycles. The molecule has 3 N–H and O–H groups in total. The van der Waals surface area contributed by atoms with E-state index < -0.39 is 5.92 Å². The Morgan fingerprint density at radius 3 is 2.81 bits per heavy atom. The minimum atomic E-state index is -0.505. The topological polar surface area (TPSA) is 78.9 Å². The third-order valence-electron chi connectivity index (χ3n) is 4.12. The Labute approximate surface area is 125 Å². The Morgan fingerprint density at radius 1 is 1.48 bits per heavy atom. The number of carbonyl (C=O) groups is 1. The lowest BCUT2D eigenvalue weighted by Gasteiger charge is -2.22. The van der Waals surface area contributed by atoms with E-state index in [1.54, 1.807) is 0 Å². The summed E-state index contributed by atoms with van der Waals surface area (Å²) in [5, 5.41) is 11.9. The number of likely N-dealkylation sites (tertiary alicyclic amines) is 1. The smallest absolute Gasteiger partial charge is 0.233 e. The van der Waals surface area contributed by atoms with Gasteiger partial charge in [0.25, 0.3) is 0 Å².